The lowest BCUT2D eigenvalue weighted by Gasteiger charge is -2.18. The summed E-state index contributed by atoms with van der Waals surface area (Å²) in [5.41, 5.74) is 1.39. The molecule has 1 aliphatic rings. The highest BCUT2D eigenvalue weighted by atomic mass is 15.1. The highest BCUT2D eigenvalue weighted by Crippen LogP contribution is 2.35. The number of benzene rings is 1. The lowest BCUT2D eigenvalue weighted by Crippen LogP contribution is -2.10. The van der Waals surface area contributed by atoms with Crippen LogP contribution in [0.1, 0.15) is 38.2 Å². The van der Waals surface area contributed by atoms with Gasteiger partial charge in [-0.25, -0.2) is 4.98 Å². The van der Waals surface area contributed by atoms with Gasteiger partial charge in [-0.15, -0.1) is 0 Å². The van der Waals surface area contributed by atoms with Crippen molar-refractivity contribution in [3.05, 3.63) is 54.1 Å². The Morgan fingerprint density at radius 1 is 1.18 bits per heavy atom. The zero-order valence-corrected chi connectivity index (χ0v) is 10.8. The summed E-state index contributed by atoms with van der Waals surface area (Å²) < 4.78 is 2.31. The summed E-state index contributed by atoms with van der Waals surface area (Å²) in [6.07, 6.45) is 5.08. The van der Waals surface area contributed by atoms with E-state index in [1.165, 1.54) is 11.4 Å². The summed E-state index contributed by atoms with van der Waals surface area (Å²) in [6, 6.07) is 11.2. The third-order valence-electron chi connectivity index (χ3n) is 3.23. The summed E-state index contributed by atoms with van der Waals surface area (Å²) in [4.78, 5) is 4.39. The van der Waals surface area contributed by atoms with Gasteiger partial charge in [0, 0.05) is 18.8 Å². The normalized spacial score (nSPS) is 21.6. The lowest BCUT2D eigenvalue weighted by atomic mass is 9.95. The van der Waals surface area contributed by atoms with E-state index < -0.39 is 0 Å². The van der Waals surface area contributed by atoms with Gasteiger partial charge in [-0.05, 0) is 11.5 Å². The van der Waals surface area contributed by atoms with Crippen LogP contribution in [0.3, 0.4) is 0 Å². The summed E-state index contributed by atoms with van der Waals surface area (Å²) in [5.74, 6) is 1.87. The molecule has 2 unspecified atom stereocenters. The van der Waals surface area contributed by atoms with Crippen LogP contribution in [0.2, 0.25) is 0 Å². The molecule has 2 heterocycles. The van der Waals surface area contributed by atoms with Crippen LogP contribution in [-0.4, -0.2) is 9.55 Å². The van der Waals surface area contributed by atoms with Gasteiger partial charge in [0.15, 0.2) is 0 Å². The molecule has 2 atom stereocenters. The molecule has 0 amide bonds. The zero-order valence-electron chi connectivity index (χ0n) is 10.8. The van der Waals surface area contributed by atoms with Gasteiger partial charge < -0.3 is 4.57 Å². The third-order valence-corrected chi connectivity index (χ3v) is 3.23. The number of fused-ring (bicyclic) bond motifs is 1. The smallest absolute Gasteiger partial charge is 0.109 e. The van der Waals surface area contributed by atoms with Gasteiger partial charge in [0.1, 0.15) is 5.82 Å². The van der Waals surface area contributed by atoms with E-state index in [1.54, 1.807) is 0 Å². The van der Waals surface area contributed by atoms with Crippen molar-refractivity contribution in [1.82, 2.24) is 9.55 Å². The molecule has 0 saturated heterocycles. The number of nitrogens with zero attached hydrogens (tertiary/aromatic N) is 2. The van der Waals surface area contributed by atoms with E-state index in [2.05, 4.69) is 53.0 Å². The second-order valence-electron chi connectivity index (χ2n) is 4.29. The van der Waals surface area contributed by atoms with Crippen molar-refractivity contribution in [2.45, 2.75) is 33.2 Å². The largest absolute Gasteiger partial charge is 0.327 e. The topological polar surface area (TPSA) is 17.8 Å². The number of hydrogen-bond donors (Lipinski definition) is 0. The maximum Gasteiger partial charge on any atom is 0.109 e. The molecular weight excluding hydrogens is 208 g/mol. The number of aromatic nitrogens is 2. The van der Waals surface area contributed by atoms with Crippen LogP contribution in [0.4, 0.5) is 0 Å². The summed E-state index contributed by atoms with van der Waals surface area (Å²) in [7, 11) is 0. The van der Waals surface area contributed by atoms with Gasteiger partial charge >= 0.3 is 0 Å². The average Bonchev–Trinajstić information content (AvgIpc) is 2.92. The highest BCUT2D eigenvalue weighted by Gasteiger charge is 2.30. The van der Waals surface area contributed by atoms with E-state index in [1.807, 2.05) is 20.0 Å². The predicted octanol–water partition coefficient (Wildman–Crippen LogP) is 3.69. The Morgan fingerprint density at radius 2 is 1.88 bits per heavy atom. The molecule has 0 aliphatic carbocycles. The molecule has 0 spiro atoms. The maximum absolute atomic E-state index is 4.39. The van der Waals surface area contributed by atoms with Gasteiger partial charge in [-0.1, -0.05) is 51.1 Å². The molecule has 90 valence electrons. The molecule has 17 heavy (non-hydrogen) atoms. The Balaban J connectivity index is 0.000000514. The van der Waals surface area contributed by atoms with E-state index >= 15 is 0 Å². The molecule has 0 radical (unpaired) electrons. The minimum Gasteiger partial charge on any atom is -0.327 e. The van der Waals surface area contributed by atoms with Crippen molar-refractivity contribution in [3.63, 3.8) is 0 Å². The molecule has 1 aromatic carbocycles. The van der Waals surface area contributed by atoms with E-state index in [0.717, 1.165) is 6.42 Å². The Morgan fingerprint density at radius 3 is 2.59 bits per heavy atom. The van der Waals surface area contributed by atoms with Gasteiger partial charge in [0.25, 0.3) is 0 Å². The predicted molar refractivity (Wildman–Crippen MR) is 71.0 cm³/mol. The first-order valence-electron chi connectivity index (χ1n) is 6.43. The van der Waals surface area contributed by atoms with E-state index in [0.29, 0.717) is 12.0 Å². The fraction of sp³-hybridized carbons (Fsp3) is 0.400. The fourth-order valence-corrected chi connectivity index (χ4v) is 2.57. The second-order valence-corrected chi connectivity index (χ2v) is 4.29. The fourth-order valence-electron chi connectivity index (χ4n) is 2.57. The van der Waals surface area contributed by atoms with Gasteiger partial charge in [0.2, 0.25) is 0 Å². The molecule has 0 fully saturated rings. The SMILES string of the molecule is CC.CC1Cc2nccn2C1c1ccccc1. The number of hydrogen-bond acceptors (Lipinski definition) is 1. The zero-order chi connectivity index (χ0) is 12.3. The summed E-state index contributed by atoms with van der Waals surface area (Å²) in [5, 5.41) is 0. The monoisotopic (exact) mass is 228 g/mol. The molecule has 0 bridgehead atoms. The summed E-state index contributed by atoms with van der Waals surface area (Å²) in [6.45, 7) is 6.30. The molecule has 2 aromatic rings. The van der Waals surface area contributed by atoms with Crippen LogP contribution in [0.5, 0.6) is 0 Å². The standard InChI is InChI=1S/C13H14N2.C2H6/c1-10-9-12-14-7-8-15(12)13(10)11-5-3-2-4-6-11;1-2/h2-8,10,13H,9H2,1H3;1-2H3. The Kier molecular flexibility index (Phi) is 3.62. The van der Waals surface area contributed by atoms with Gasteiger partial charge in [0.05, 0.1) is 6.04 Å². The first-order chi connectivity index (χ1) is 8.36. The second kappa shape index (κ2) is 5.17. The average molecular weight is 228 g/mol. The van der Waals surface area contributed by atoms with Crippen molar-refractivity contribution >= 4 is 0 Å². The first-order valence-corrected chi connectivity index (χ1v) is 6.43. The van der Waals surface area contributed by atoms with Crippen LogP contribution in [0.25, 0.3) is 0 Å². The molecule has 0 N–H and O–H groups in total. The first kappa shape index (κ1) is 11.9. The quantitative estimate of drug-likeness (QED) is 0.728. The molecular formula is C15H20N2. The molecule has 3 rings (SSSR count). The Labute approximate surface area is 103 Å². The molecule has 1 aliphatic heterocycles. The highest BCUT2D eigenvalue weighted by molar-refractivity contribution is 5.24. The van der Waals surface area contributed by atoms with Crippen LogP contribution in [0, 0.1) is 5.92 Å². The van der Waals surface area contributed by atoms with Gasteiger partial charge in [-0.3, -0.25) is 0 Å². The Bertz CT molecular complexity index is 459. The van der Waals surface area contributed by atoms with E-state index in [-0.39, 0.29) is 0 Å². The molecule has 2 heteroatoms. The van der Waals surface area contributed by atoms with Crippen LogP contribution in [0.15, 0.2) is 42.7 Å². The van der Waals surface area contributed by atoms with Crippen molar-refractivity contribution in [2.24, 2.45) is 5.92 Å². The van der Waals surface area contributed by atoms with E-state index in [9.17, 15) is 0 Å². The number of imidazole rings is 1. The van der Waals surface area contributed by atoms with E-state index in [4.69, 9.17) is 0 Å². The van der Waals surface area contributed by atoms with Crippen LogP contribution in [-0.2, 0) is 6.42 Å². The van der Waals surface area contributed by atoms with Crippen molar-refractivity contribution < 1.29 is 0 Å². The minimum atomic E-state index is 0.476. The Hall–Kier alpha value is -1.57. The molecule has 0 saturated carbocycles. The number of rotatable bonds is 1. The molecule has 1 aromatic heterocycles. The van der Waals surface area contributed by atoms with Crippen LogP contribution >= 0.6 is 0 Å². The van der Waals surface area contributed by atoms with Crippen LogP contribution < -0.4 is 0 Å². The third kappa shape index (κ3) is 2.12. The minimum absolute atomic E-state index is 0.476. The van der Waals surface area contributed by atoms with Crippen molar-refractivity contribution in [1.29, 1.82) is 0 Å². The summed E-state index contributed by atoms with van der Waals surface area (Å²) >= 11 is 0. The lowest BCUT2D eigenvalue weighted by molar-refractivity contribution is 0.475. The van der Waals surface area contributed by atoms with Crippen molar-refractivity contribution in [2.75, 3.05) is 0 Å². The maximum atomic E-state index is 4.39. The van der Waals surface area contributed by atoms with Gasteiger partial charge in [-0.2, -0.15) is 0 Å². The van der Waals surface area contributed by atoms with Crippen molar-refractivity contribution in [3.8, 4) is 0 Å². The molecule has 2 nitrogen and oxygen atoms in total.